The van der Waals surface area contributed by atoms with Gasteiger partial charge >= 0.3 is 0 Å². The molecule has 0 aliphatic rings. The van der Waals surface area contributed by atoms with E-state index < -0.39 is 0 Å². The van der Waals surface area contributed by atoms with Crippen LogP contribution in [0, 0.1) is 0 Å². The van der Waals surface area contributed by atoms with Crippen LogP contribution in [0.15, 0.2) is 320 Å². The van der Waals surface area contributed by atoms with E-state index in [1.807, 2.05) is 0 Å². The van der Waals surface area contributed by atoms with Crippen LogP contribution in [0.4, 0.5) is 68.2 Å². The number of furan rings is 1. The van der Waals surface area contributed by atoms with Crippen molar-refractivity contribution in [2.45, 2.75) is 0 Å². The SMILES string of the molecule is c1ccc(-c2cc(N(c3ccccc3)c3ccc4oc5ccc(N(c6ccccc6)c6ccc(N(c7ccccc7)c7ccccc7)c(-c7ccccc7)c6)cc5c4c3)ccc2N(c2ccccc2)c2ccccc2)cc1. The van der Waals surface area contributed by atoms with Gasteiger partial charge in [0.05, 0.1) is 11.4 Å². The quantitative estimate of drug-likeness (QED) is 0.108. The molecule has 0 bridgehead atoms. The first-order valence-corrected chi connectivity index (χ1v) is 26.1. The monoisotopic (exact) mass is 988 g/mol. The lowest BCUT2D eigenvalue weighted by atomic mass is 9.99. The molecule has 12 aromatic carbocycles. The van der Waals surface area contributed by atoms with Crippen molar-refractivity contribution in [3.05, 3.63) is 315 Å². The standard InChI is InChI=1S/C72H52N4O/c1-9-25-53(26-10-1)65-49-61(41-45-69(65)75(57-33-17-5-18-34-57)58-35-19-6-20-36-58)73(55-29-13-3-14-30-55)63-43-47-71-67(51-63)68-52-64(44-48-72(68)77-71)74(56-31-15-4-16-32-56)62-42-46-70(66(50-62)54-27-11-2-12-28-54)76(59-37-21-7-22-38-59)60-39-23-8-24-40-60/h1-52H. The second-order valence-electron chi connectivity index (χ2n) is 19.0. The Hall–Kier alpha value is -10.4. The minimum atomic E-state index is 0.819. The lowest BCUT2D eigenvalue weighted by molar-refractivity contribution is 0.669. The van der Waals surface area contributed by atoms with E-state index in [0.29, 0.717) is 0 Å². The number of benzene rings is 12. The minimum absolute atomic E-state index is 0.819. The molecule has 5 heteroatoms. The van der Waals surface area contributed by atoms with Crippen molar-refractivity contribution in [3.63, 3.8) is 0 Å². The predicted molar refractivity (Wildman–Crippen MR) is 323 cm³/mol. The van der Waals surface area contributed by atoms with Gasteiger partial charge in [-0.1, -0.05) is 170 Å². The first-order chi connectivity index (χ1) is 38.2. The Bertz CT molecular complexity index is 3740. The Kier molecular flexibility index (Phi) is 12.6. The molecular formula is C72H52N4O. The number of rotatable bonds is 14. The van der Waals surface area contributed by atoms with Crippen molar-refractivity contribution in [1.82, 2.24) is 0 Å². The molecule has 1 aromatic heterocycles. The van der Waals surface area contributed by atoms with Gasteiger partial charge in [0.1, 0.15) is 11.2 Å². The lowest BCUT2D eigenvalue weighted by Gasteiger charge is -2.31. The first kappa shape index (κ1) is 46.4. The van der Waals surface area contributed by atoms with E-state index in [1.165, 1.54) is 0 Å². The molecule has 0 radical (unpaired) electrons. The molecular weight excluding hydrogens is 937 g/mol. The van der Waals surface area contributed by atoms with Crippen LogP contribution in [-0.4, -0.2) is 0 Å². The van der Waals surface area contributed by atoms with E-state index >= 15 is 0 Å². The third-order valence-corrected chi connectivity index (χ3v) is 14.2. The molecule has 0 atom stereocenters. The highest BCUT2D eigenvalue weighted by Gasteiger charge is 2.24. The molecule has 0 fully saturated rings. The summed E-state index contributed by atoms with van der Waals surface area (Å²) in [6.07, 6.45) is 0. The number of hydrogen-bond acceptors (Lipinski definition) is 5. The average molecular weight is 989 g/mol. The summed E-state index contributed by atoms with van der Waals surface area (Å²) >= 11 is 0. The largest absolute Gasteiger partial charge is 0.456 e. The van der Waals surface area contributed by atoms with Crippen molar-refractivity contribution in [2.24, 2.45) is 0 Å². The maximum atomic E-state index is 6.70. The van der Waals surface area contributed by atoms with Crippen LogP contribution in [0.5, 0.6) is 0 Å². The molecule has 13 aromatic rings. The maximum Gasteiger partial charge on any atom is 0.135 e. The molecule has 0 aliphatic heterocycles. The lowest BCUT2D eigenvalue weighted by Crippen LogP contribution is -2.13. The molecule has 13 rings (SSSR count). The summed E-state index contributed by atoms with van der Waals surface area (Å²) in [7, 11) is 0. The number of fused-ring (bicyclic) bond motifs is 3. The van der Waals surface area contributed by atoms with Crippen molar-refractivity contribution < 1.29 is 4.42 Å². The molecule has 77 heavy (non-hydrogen) atoms. The van der Waals surface area contributed by atoms with Crippen LogP contribution >= 0.6 is 0 Å². The smallest absolute Gasteiger partial charge is 0.135 e. The Morgan fingerprint density at radius 3 is 0.740 bits per heavy atom. The van der Waals surface area contributed by atoms with Crippen molar-refractivity contribution in [2.75, 3.05) is 19.6 Å². The van der Waals surface area contributed by atoms with Gasteiger partial charge in [-0.05, 0) is 157 Å². The van der Waals surface area contributed by atoms with Crippen LogP contribution < -0.4 is 19.6 Å². The number of nitrogens with zero attached hydrogens (tertiary/aromatic N) is 4. The zero-order chi connectivity index (χ0) is 51.3. The van der Waals surface area contributed by atoms with Crippen LogP contribution in [0.2, 0.25) is 0 Å². The summed E-state index contributed by atoms with van der Waals surface area (Å²) in [5.74, 6) is 0. The molecule has 0 saturated carbocycles. The van der Waals surface area contributed by atoms with Crippen molar-refractivity contribution in [1.29, 1.82) is 0 Å². The summed E-state index contributed by atoms with van der Waals surface area (Å²) in [6.45, 7) is 0. The number of para-hydroxylation sites is 6. The van der Waals surface area contributed by atoms with Gasteiger partial charge in [-0.25, -0.2) is 0 Å². The fourth-order valence-corrected chi connectivity index (χ4v) is 10.7. The summed E-state index contributed by atoms with van der Waals surface area (Å²) in [5, 5.41) is 2.04. The molecule has 0 N–H and O–H groups in total. The molecule has 0 aliphatic carbocycles. The third kappa shape index (κ3) is 9.24. The van der Waals surface area contributed by atoms with Gasteiger partial charge in [-0.2, -0.15) is 0 Å². The van der Waals surface area contributed by atoms with E-state index in [1.54, 1.807) is 0 Å². The van der Waals surface area contributed by atoms with Crippen LogP contribution in [0.25, 0.3) is 44.2 Å². The van der Waals surface area contributed by atoms with Gasteiger partial charge in [0.15, 0.2) is 0 Å². The summed E-state index contributed by atoms with van der Waals surface area (Å²) in [6, 6.07) is 112. The number of anilines is 12. The van der Waals surface area contributed by atoms with Gasteiger partial charge in [0.2, 0.25) is 0 Å². The topological polar surface area (TPSA) is 26.1 Å². The second kappa shape index (κ2) is 20.9. The Labute approximate surface area is 449 Å². The van der Waals surface area contributed by atoms with Gasteiger partial charge < -0.3 is 24.0 Å². The van der Waals surface area contributed by atoms with E-state index in [4.69, 9.17) is 4.42 Å². The van der Waals surface area contributed by atoms with E-state index in [9.17, 15) is 0 Å². The highest BCUT2D eigenvalue weighted by molar-refractivity contribution is 6.08. The molecule has 1 heterocycles. The highest BCUT2D eigenvalue weighted by atomic mass is 16.3. The van der Waals surface area contributed by atoms with Crippen LogP contribution in [0.3, 0.4) is 0 Å². The predicted octanol–water partition coefficient (Wildman–Crippen LogP) is 20.8. The molecule has 5 nitrogen and oxygen atoms in total. The van der Waals surface area contributed by atoms with E-state index in [-0.39, 0.29) is 0 Å². The molecule has 0 unspecified atom stereocenters. The van der Waals surface area contributed by atoms with Gasteiger partial charge in [-0.3, -0.25) is 0 Å². The van der Waals surface area contributed by atoms with Gasteiger partial charge in [-0.15, -0.1) is 0 Å². The van der Waals surface area contributed by atoms with E-state index in [2.05, 4.69) is 335 Å². The second-order valence-corrected chi connectivity index (χ2v) is 19.0. The zero-order valence-corrected chi connectivity index (χ0v) is 42.2. The van der Waals surface area contributed by atoms with Gasteiger partial charge in [0.25, 0.3) is 0 Å². The molecule has 0 saturated heterocycles. The summed E-state index contributed by atoms with van der Waals surface area (Å²) in [4.78, 5) is 9.40. The average Bonchev–Trinajstić information content (AvgIpc) is 3.90. The third-order valence-electron chi connectivity index (χ3n) is 14.2. The molecule has 0 amide bonds. The van der Waals surface area contributed by atoms with Crippen LogP contribution in [-0.2, 0) is 0 Å². The molecule has 366 valence electrons. The fraction of sp³-hybridized carbons (Fsp3) is 0. The Balaban J connectivity index is 0.959. The van der Waals surface area contributed by atoms with Crippen molar-refractivity contribution in [3.8, 4) is 22.3 Å². The minimum Gasteiger partial charge on any atom is -0.456 e. The Morgan fingerprint density at radius 2 is 0.442 bits per heavy atom. The first-order valence-electron chi connectivity index (χ1n) is 26.1. The van der Waals surface area contributed by atoms with E-state index in [0.717, 1.165) is 112 Å². The zero-order valence-electron chi connectivity index (χ0n) is 42.2. The van der Waals surface area contributed by atoms with Crippen LogP contribution in [0.1, 0.15) is 0 Å². The molecule has 0 spiro atoms. The van der Waals surface area contributed by atoms with Gasteiger partial charge in [0, 0.05) is 78.8 Å². The fourth-order valence-electron chi connectivity index (χ4n) is 10.7. The Morgan fingerprint density at radius 1 is 0.195 bits per heavy atom. The van der Waals surface area contributed by atoms with Crippen molar-refractivity contribution >= 4 is 90.2 Å². The summed E-state index contributed by atoms with van der Waals surface area (Å²) in [5.41, 5.74) is 18.7. The maximum absolute atomic E-state index is 6.70. The number of hydrogen-bond donors (Lipinski definition) is 0. The highest BCUT2D eigenvalue weighted by Crippen LogP contribution is 2.48. The normalized spacial score (nSPS) is 11.1. The summed E-state index contributed by atoms with van der Waals surface area (Å²) < 4.78 is 6.70.